The first-order valence-corrected chi connectivity index (χ1v) is 6.31. The number of nitrogens with one attached hydrogen (secondary N) is 1. The molecular formula is C12H12BrF2N3. The van der Waals surface area contributed by atoms with Gasteiger partial charge in [0.1, 0.15) is 11.3 Å². The summed E-state index contributed by atoms with van der Waals surface area (Å²) in [7, 11) is 0. The van der Waals surface area contributed by atoms with Crippen molar-refractivity contribution in [3.63, 3.8) is 0 Å². The third kappa shape index (κ3) is 2.18. The molecule has 0 unspecified atom stereocenters. The van der Waals surface area contributed by atoms with Crippen molar-refractivity contribution in [1.82, 2.24) is 4.98 Å². The number of fused-ring (bicyclic) bond motifs is 1. The molecule has 1 aromatic heterocycles. The average molecular weight is 316 g/mol. The lowest BCUT2D eigenvalue weighted by Crippen LogP contribution is -2.09. The molecule has 0 radical (unpaired) electrons. The van der Waals surface area contributed by atoms with Crippen molar-refractivity contribution in [2.75, 3.05) is 5.43 Å². The Morgan fingerprint density at radius 2 is 2.06 bits per heavy atom. The SMILES string of the molecule is CCCc1cc(NN)c2c(Br)c(F)cc(F)c2n1. The predicted octanol–water partition coefficient (Wildman–Crippen LogP) is 3.51. The number of nitrogens with zero attached hydrogens (tertiary/aromatic N) is 1. The van der Waals surface area contributed by atoms with E-state index in [0.29, 0.717) is 17.5 Å². The third-order valence-corrected chi connectivity index (χ3v) is 3.42. The monoisotopic (exact) mass is 315 g/mol. The van der Waals surface area contributed by atoms with Crippen LogP contribution >= 0.6 is 15.9 Å². The minimum Gasteiger partial charge on any atom is -0.323 e. The number of benzene rings is 1. The van der Waals surface area contributed by atoms with Crippen molar-refractivity contribution in [2.45, 2.75) is 19.8 Å². The summed E-state index contributed by atoms with van der Waals surface area (Å²) in [5, 5.41) is 0.315. The summed E-state index contributed by atoms with van der Waals surface area (Å²) in [6.07, 6.45) is 1.59. The summed E-state index contributed by atoms with van der Waals surface area (Å²) < 4.78 is 27.4. The molecule has 0 saturated carbocycles. The molecule has 18 heavy (non-hydrogen) atoms. The van der Waals surface area contributed by atoms with Crippen molar-refractivity contribution in [3.8, 4) is 0 Å². The van der Waals surface area contributed by atoms with Gasteiger partial charge in [0.2, 0.25) is 0 Å². The maximum Gasteiger partial charge on any atom is 0.152 e. The highest BCUT2D eigenvalue weighted by molar-refractivity contribution is 9.10. The van der Waals surface area contributed by atoms with Crippen LogP contribution in [0, 0.1) is 11.6 Å². The number of pyridine rings is 1. The molecule has 3 nitrogen and oxygen atoms in total. The van der Waals surface area contributed by atoms with E-state index >= 15 is 0 Å². The van der Waals surface area contributed by atoms with Gasteiger partial charge in [-0.25, -0.2) is 13.8 Å². The second kappa shape index (κ2) is 5.16. The van der Waals surface area contributed by atoms with Crippen molar-refractivity contribution in [2.24, 2.45) is 5.84 Å². The molecule has 2 aromatic rings. The van der Waals surface area contributed by atoms with E-state index in [1.807, 2.05) is 6.92 Å². The van der Waals surface area contributed by atoms with E-state index < -0.39 is 11.6 Å². The summed E-state index contributed by atoms with van der Waals surface area (Å²) in [6.45, 7) is 2.00. The fraction of sp³-hybridized carbons (Fsp3) is 0.250. The average Bonchev–Trinajstić information content (AvgIpc) is 2.35. The predicted molar refractivity (Wildman–Crippen MR) is 71.2 cm³/mol. The Bertz CT molecular complexity index is 602. The van der Waals surface area contributed by atoms with Crippen LogP contribution in [0.2, 0.25) is 0 Å². The minimum atomic E-state index is -0.694. The zero-order chi connectivity index (χ0) is 13.3. The molecule has 1 heterocycles. The number of hydrazine groups is 1. The topological polar surface area (TPSA) is 50.9 Å². The van der Waals surface area contributed by atoms with Gasteiger partial charge in [-0.2, -0.15) is 0 Å². The number of rotatable bonds is 3. The maximum atomic E-state index is 13.8. The number of nitrogens with two attached hydrogens (primary N) is 1. The van der Waals surface area contributed by atoms with Crippen LogP contribution in [0.4, 0.5) is 14.5 Å². The smallest absolute Gasteiger partial charge is 0.152 e. The summed E-state index contributed by atoms with van der Waals surface area (Å²) in [4.78, 5) is 4.21. The van der Waals surface area contributed by atoms with Gasteiger partial charge >= 0.3 is 0 Å². The van der Waals surface area contributed by atoms with Gasteiger partial charge in [-0.3, -0.25) is 5.84 Å². The Balaban J connectivity index is 2.82. The molecule has 2 rings (SSSR count). The second-order valence-electron chi connectivity index (χ2n) is 3.93. The standard InChI is InChI=1S/C12H12BrF2N3/c1-2-3-6-4-9(18-16)10-11(13)7(14)5-8(15)12(10)17-6/h4-5H,2-3,16H2,1H3,(H,17,18). The van der Waals surface area contributed by atoms with E-state index in [1.165, 1.54) is 0 Å². The highest BCUT2D eigenvalue weighted by atomic mass is 79.9. The number of aryl methyl sites for hydroxylation is 1. The second-order valence-corrected chi connectivity index (χ2v) is 4.73. The minimum absolute atomic E-state index is 0.113. The van der Waals surface area contributed by atoms with Crippen molar-refractivity contribution < 1.29 is 8.78 Å². The van der Waals surface area contributed by atoms with E-state index in [-0.39, 0.29) is 9.99 Å². The Morgan fingerprint density at radius 1 is 1.33 bits per heavy atom. The molecule has 0 atom stereocenters. The normalized spacial score (nSPS) is 10.9. The molecule has 3 N–H and O–H groups in total. The molecule has 0 aliphatic carbocycles. The van der Waals surface area contributed by atoms with Gasteiger partial charge in [-0.05, 0) is 28.4 Å². The number of halogens is 3. The molecule has 0 spiro atoms. The van der Waals surface area contributed by atoms with Crippen LogP contribution in [-0.4, -0.2) is 4.98 Å². The molecule has 0 saturated heterocycles. The molecule has 0 aliphatic rings. The van der Waals surface area contributed by atoms with Gasteiger partial charge < -0.3 is 5.43 Å². The molecule has 1 aromatic carbocycles. The van der Waals surface area contributed by atoms with Crippen LogP contribution < -0.4 is 11.3 Å². The quantitative estimate of drug-likeness (QED) is 0.517. The Kier molecular flexibility index (Phi) is 3.77. The third-order valence-electron chi connectivity index (χ3n) is 2.64. The van der Waals surface area contributed by atoms with Crippen LogP contribution in [0.1, 0.15) is 19.0 Å². The fourth-order valence-electron chi connectivity index (χ4n) is 1.85. The lowest BCUT2D eigenvalue weighted by molar-refractivity contribution is 0.586. The van der Waals surface area contributed by atoms with Gasteiger partial charge in [-0.15, -0.1) is 0 Å². The highest BCUT2D eigenvalue weighted by Crippen LogP contribution is 2.33. The zero-order valence-electron chi connectivity index (χ0n) is 9.73. The van der Waals surface area contributed by atoms with Crippen molar-refractivity contribution >= 4 is 32.5 Å². The van der Waals surface area contributed by atoms with Gasteiger partial charge in [0.05, 0.1) is 10.2 Å². The lowest BCUT2D eigenvalue weighted by Gasteiger charge is -2.11. The molecular weight excluding hydrogens is 304 g/mol. The zero-order valence-corrected chi connectivity index (χ0v) is 11.3. The number of hydrogen-bond donors (Lipinski definition) is 2. The lowest BCUT2D eigenvalue weighted by atomic mass is 10.1. The molecule has 0 amide bonds. The van der Waals surface area contributed by atoms with E-state index in [4.69, 9.17) is 5.84 Å². The molecule has 0 fully saturated rings. The first-order valence-electron chi connectivity index (χ1n) is 5.52. The Labute approximate surface area is 111 Å². The molecule has 0 aliphatic heterocycles. The van der Waals surface area contributed by atoms with Gasteiger partial charge in [-0.1, -0.05) is 13.3 Å². The van der Waals surface area contributed by atoms with Gasteiger partial charge in [0, 0.05) is 17.1 Å². The van der Waals surface area contributed by atoms with Crippen LogP contribution in [-0.2, 0) is 6.42 Å². The largest absolute Gasteiger partial charge is 0.323 e. The van der Waals surface area contributed by atoms with E-state index in [2.05, 4.69) is 26.3 Å². The Morgan fingerprint density at radius 3 is 2.67 bits per heavy atom. The van der Waals surface area contributed by atoms with Crippen molar-refractivity contribution in [1.29, 1.82) is 0 Å². The number of anilines is 1. The molecule has 0 bridgehead atoms. The van der Waals surface area contributed by atoms with Crippen molar-refractivity contribution in [3.05, 3.63) is 33.9 Å². The number of hydrogen-bond acceptors (Lipinski definition) is 3. The Hall–Kier alpha value is -1.27. The van der Waals surface area contributed by atoms with Crippen LogP contribution in [0.5, 0.6) is 0 Å². The van der Waals surface area contributed by atoms with Crippen LogP contribution in [0.25, 0.3) is 10.9 Å². The first kappa shape index (κ1) is 13.2. The number of nitrogen functional groups attached to an aromatic ring is 1. The molecule has 96 valence electrons. The van der Waals surface area contributed by atoms with Crippen LogP contribution in [0.15, 0.2) is 16.6 Å². The van der Waals surface area contributed by atoms with Gasteiger partial charge in [0.25, 0.3) is 0 Å². The number of aromatic nitrogens is 1. The van der Waals surface area contributed by atoms with E-state index in [9.17, 15) is 8.78 Å². The van der Waals surface area contributed by atoms with Gasteiger partial charge in [0.15, 0.2) is 5.82 Å². The van der Waals surface area contributed by atoms with E-state index in [0.717, 1.165) is 18.2 Å². The summed E-state index contributed by atoms with van der Waals surface area (Å²) in [5.74, 6) is 4.03. The van der Waals surface area contributed by atoms with Crippen LogP contribution in [0.3, 0.4) is 0 Å². The summed E-state index contributed by atoms with van der Waals surface area (Å²) in [6, 6.07) is 2.52. The summed E-state index contributed by atoms with van der Waals surface area (Å²) in [5.41, 5.74) is 3.74. The highest BCUT2D eigenvalue weighted by Gasteiger charge is 2.16. The first-order chi connectivity index (χ1) is 8.58. The maximum absolute atomic E-state index is 13.8. The van der Waals surface area contributed by atoms with E-state index in [1.54, 1.807) is 6.07 Å². The summed E-state index contributed by atoms with van der Waals surface area (Å²) >= 11 is 3.09. The molecule has 6 heteroatoms. The fourth-order valence-corrected chi connectivity index (χ4v) is 2.37.